The lowest BCUT2D eigenvalue weighted by Crippen LogP contribution is -2.50. The Kier molecular flexibility index (Phi) is 8.71. The number of hydrogen-bond acceptors (Lipinski definition) is 4. The van der Waals surface area contributed by atoms with Crippen molar-refractivity contribution < 1.29 is 4.74 Å². The molecule has 1 aliphatic heterocycles. The maximum absolute atomic E-state index is 5.55. The predicted molar refractivity (Wildman–Crippen MR) is 119 cm³/mol. The molecule has 2 aromatic rings. The Bertz CT molecular complexity index is 677. The number of nitrogens with zero attached hydrogens (tertiary/aromatic N) is 4. The number of ether oxygens (including phenoxy) is 1. The Morgan fingerprint density at radius 2 is 1.93 bits per heavy atom. The minimum Gasteiger partial charge on any atom is -0.383 e. The van der Waals surface area contributed by atoms with Crippen LogP contribution in [0.25, 0.3) is 5.69 Å². The van der Waals surface area contributed by atoms with Gasteiger partial charge in [-0.2, -0.15) is 5.10 Å². The predicted octanol–water partition coefficient (Wildman–Crippen LogP) is 4.36. The van der Waals surface area contributed by atoms with Crippen LogP contribution in [0.5, 0.6) is 0 Å². The molecule has 1 aromatic carbocycles. The zero-order valence-corrected chi connectivity index (χ0v) is 18.5. The zero-order chi connectivity index (χ0) is 20.5. The van der Waals surface area contributed by atoms with Crippen molar-refractivity contribution in [3.05, 3.63) is 48.3 Å². The molecule has 1 aliphatic rings. The maximum atomic E-state index is 5.55. The van der Waals surface area contributed by atoms with Gasteiger partial charge >= 0.3 is 0 Å². The molecule has 1 fully saturated rings. The summed E-state index contributed by atoms with van der Waals surface area (Å²) in [7, 11) is 1.84. The highest BCUT2D eigenvalue weighted by atomic mass is 16.5. The van der Waals surface area contributed by atoms with Crippen LogP contribution in [0.3, 0.4) is 0 Å². The molecule has 3 rings (SSSR count). The van der Waals surface area contributed by atoms with E-state index in [1.54, 1.807) is 0 Å². The highest BCUT2D eigenvalue weighted by Gasteiger charge is 2.28. The monoisotopic (exact) mass is 398 g/mol. The molecule has 0 N–H and O–H groups in total. The normalized spacial score (nSPS) is 17.1. The van der Waals surface area contributed by atoms with E-state index < -0.39 is 0 Å². The second-order valence-electron chi connectivity index (χ2n) is 8.21. The molecular formula is C24H38N4O. The SMILES string of the molecule is CCCCC(COC)N(CC)C1CCN(Cc2ccc(-n3cccn3)cc2)CC1. The van der Waals surface area contributed by atoms with Gasteiger partial charge in [0.15, 0.2) is 0 Å². The topological polar surface area (TPSA) is 33.5 Å². The van der Waals surface area contributed by atoms with Gasteiger partial charge in [-0.15, -0.1) is 0 Å². The third kappa shape index (κ3) is 6.14. The van der Waals surface area contributed by atoms with Gasteiger partial charge in [-0.3, -0.25) is 9.80 Å². The lowest BCUT2D eigenvalue weighted by atomic mass is 9.98. The van der Waals surface area contributed by atoms with Gasteiger partial charge in [-0.1, -0.05) is 38.8 Å². The lowest BCUT2D eigenvalue weighted by molar-refractivity contribution is 0.0306. The molecule has 5 heteroatoms. The molecule has 0 amide bonds. The molecular weight excluding hydrogens is 360 g/mol. The van der Waals surface area contributed by atoms with E-state index in [9.17, 15) is 0 Å². The Balaban J connectivity index is 1.51. The number of rotatable bonds is 11. The van der Waals surface area contributed by atoms with E-state index in [4.69, 9.17) is 4.74 Å². The summed E-state index contributed by atoms with van der Waals surface area (Å²) in [5, 5.41) is 4.30. The fourth-order valence-electron chi connectivity index (χ4n) is 4.63. The van der Waals surface area contributed by atoms with Crippen LogP contribution in [0.15, 0.2) is 42.7 Å². The maximum Gasteiger partial charge on any atom is 0.0645 e. The number of piperidine rings is 1. The number of methoxy groups -OCH3 is 1. The number of benzene rings is 1. The third-order valence-electron chi connectivity index (χ3n) is 6.22. The van der Waals surface area contributed by atoms with E-state index in [0.29, 0.717) is 12.1 Å². The highest BCUT2D eigenvalue weighted by Crippen LogP contribution is 2.23. The molecule has 5 nitrogen and oxygen atoms in total. The second kappa shape index (κ2) is 11.5. The van der Waals surface area contributed by atoms with E-state index >= 15 is 0 Å². The van der Waals surface area contributed by atoms with Crippen LogP contribution in [0.2, 0.25) is 0 Å². The van der Waals surface area contributed by atoms with E-state index in [2.05, 4.69) is 53.0 Å². The standard InChI is InChI=1S/C24H38N4O/c1-4-6-8-24(20-29-3)27(5-2)22-13-17-26(18-14-22)19-21-9-11-23(12-10-21)28-16-7-15-25-28/h7,9-12,15-16,22,24H,4-6,8,13-14,17-20H2,1-3H3. The number of unbranched alkanes of at least 4 members (excludes halogenated alkanes) is 1. The van der Waals surface area contributed by atoms with Crippen molar-refractivity contribution in [2.24, 2.45) is 0 Å². The van der Waals surface area contributed by atoms with Crippen LogP contribution in [0, 0.1) is 0 Å². The van der Waals surface area contributed by atoms with Gasteiger partial charge in [0, 0.05) is 38.1 Å². The summed E-state index contributed by atoms with van der Waals surface area (Å²) in [5.74, 6) is 0. The van der Waals surface area contributed by atoms with Crippen molar-refractivity contribution >= 4 is 0 Å². The summed E-state index contributed by atoms with van der Waals surface area (Å²) in [6.07, 6.45) is 10.1. The Labute approximate surface area is 176 Å². The average Bonchev–Trinajstić information content (AvgIpc) is 3.29. The van der Waals surface area contributed by atoms with E-state index in [-0.39, 0.29) is 0 Å². The van der Waals surface area contributed by atoms with Crippen molar-refractivity contribution in [3.63, 3.8) is 0 Å². The van der Waals surface area contributed by atoms with Crippen molar-refractivity contribution in [2.45, 2.75) is 64.6 Å². The number of hydrogen-bond donors (Lipinski definition) is 0. The lowest BCUT2D eigenvalue weighted by Gasteiger charge is -2.42. The molecule has 2 heterocycles. The van der Waals surface area contributed by atoms with Crippen LogP contribution >= 0.6 is 0 Å². The molecule has 1 atom stereocenters. The second-order valence-corrected chi connectivity index (χ2v) is 8.21. The summed E-state index contributed by atoms with van der Waals surface area (Å²) >= 11 is 0. The van der Waals surface area contributed by atoms with Gasteiger partial charge < -0.3 is 4.74 Å². The quantitative estimate of drug-likeness (QED) is 0.563. The molecule has 29 heavy (non-hydrogen) atoms. The summed E-state index contributed by atoms with van der Waals surface area (Å²) in [4.78, 5) is 5.32. The van der Waals surface area contributed by atoms with Crippen LogP contribution < -0.4 is 0 Å². The molecule has 1 saturated heterocycles. The van der Waals surface area contributed by atoms with E-state index in [0.717, 1.165) is 25.4 Å². The Hall–Kier alpha value is -1.69. The molecule has 1 unspecified atom stereocenters. The molecule has 1 aromatic heterocycles. The van der Waals surface area contributed by atoms with Crippen molar-refractivity contribution in [3.8, 4) is 5.69 Å². The smallest absolute Gasteiger partial charge is 0.0645 e. The molecule has 0 aliphatic carbocycles. The first-order valence-electron chi connectivity index (χ1n) is 11.3. The molecule has 0 bridgehead atoms. The van der Waals surface area contributed by atoms with Gasteiger partial charge in [-0.05, 0) is 62.7 Å². The first kappa shape index (κ1) is 22.0. The van der Waals surface area contributed by atoms with Gasteiger partial charge in [0.05, 0.1) is 12.3 Å². The zero-order valence-electron chi connectivity index (χ0n) is 18.5. The molecule has 160 valence electrons. The minimum absolute atomic E-state index is 0.566. The number of likely N-dealkylation sites (tertiary alicyclic amines) is 1. The van der Waals surface area contributed by atoms with E-state index in [1.165, 1.54) is 50.8 Å². The Morgan fingerprint density at radius 1 is 1.17 bits per heavy atom. The molecule has 0 saturated carbocycles. The van der Waals surface area contributed by atoms with Crippen molar-refractivity contribution in [1.29, 1.82) is 0 Å². The van der Waals surface area contributed by atoms with Crippen LogP contribution in [-0.4, -0.2) is 65.0 Å². The van der Waals surface area contributed by atoms with Crippen molar-refractivity contribution in [1.82, 2.24) is 19.6 Å². The summed E-state index contributed by atoms with van der Waals surface area (Å²) in [6, 6.07) is 12.0. The largest absolute Gasteiger partial charge is 0.383 e. The van der Waals surface area contributed by atoms with Crippen molar-refractivity contribution in [2.75, 3.05) is 33.4 Å². The summed E-state index contributed by atoms with van der Waals surface area (Å²) in [5.41, 5.74) is 2.50. The number of likely N-dealkylation sites (N-methyl/N-ethyl adjacent to an activating group) is 1. The summed E-state index contributed by atoms with van der Waals surface area (Å²) < 4.78 is 7.46. The summed E-state index contributed by atoms with van der Waals surface area (Å²) in [6.45, 7) is 9.96. The van der Waals surface area contributed by atoms with Gasteiger partial charge in [-0.25, -0.2) is 4.68 Å². The average molecular weight is 399 g/mol. The van der Waals surface area contributed by atoms with Crippen LogP contribution in [-0.2, 0) is 11.3 Å². The minimum atomic E-state index is 0.566. The van der Waals surface area contributed by atoms with Gasteiger partial charge in [0.1, 0.15) is 0 Å². The fraction of sp³-hybridized carbons (Fsp3) is 0.625. The van der Waals surface area contributed by atoms with Gasteiger partial charge in [0.25, 0.3) is 0 Å². The Morgan fingerprint density at radius 3 is 2.52 bits per heavy atom. The van der Waals surface area contributed by atoms with Crippen LogP contribution in [0.4, 0.5) is 0 Å². The first-order chi connectivity index (χ1) is 14.2. The van der Waals surface area contributed by atoms with Gasteiger partial charge in [0.2, 0.25) is 0 Å². The first-order valence-corrected chi connectivity index (χ1v) is 11.3. The fourth-order valence-corrected chi connectivity index (χ4v) is 4.63. The third-order valence-corrected chi connectivity index (χ3v) is 6.22. The van der Waals surface area contributed by atoms with Crippen LogP contribution in [0.1, 0.15) is 51.5 Å². The number of aromatic nitrogens is 2. The van der Waals surface area contributed by atoms with E-state index in [1.807, 2.05) is 30.3 Å². The molecule has 0 spiro atoms. The highest BCUT2D eigenvalue weighted by molar-refractivity contribution is 5.33. The molecule has 0 radical (unpaired) electrons.